The van der Waals surface area contributed by atoms with Crippen molar-refractivity contribution in [3.05, 3.63) is 12.4 Å². The molecule has 0 fully saturated rings. The fourth-order valence-corrected chi connectivity index (χ4v) is 0.866. The molecule has 1 rings (SSSR count). The van der Waals surface area contributed by atoms with Gasteiger partial charge in [-0.25, -0.2) is 0 Å². The van der Waals surface area contributed by atoms with Gasteiger partial charge in [0.15, 0.2) is 0 Å². The van der Waals surface area contributed by atoms with Gasteiger partial charge >= 0.3 is 5.97 Å². The largest absolute Gasteiger partial charge is 0.481 e. The summed E-state index contributed by atoms with van der Waals surface area (Å²) < 4.78 is 1.69. The van der Waals surface area contributed by atoms with E-state index in [0.717, 1.165) is 0 Å². The highest BCUT2D eigenvalue weighted by molar-refractivity contribution is 5.66. The molecule has 1 aromatic heterocycles. The second kappa shape index (κ2) is 5.26. The molecule has 0 bridgehead atoms. The molecular weight excluding hydrogens is 172 g/mol. The van der Waals surface area contributed by atoms with Gasteiger partial charge in [0.05, 0.1) is 19.2 Å². The number of aliphatic carboxylic acids is 1. The molecule has 1 aromatic rings. The van der Waals surface area contributed by atoms with Crippen molar-refractivity contribution in [3.8, 4) is 0 Å². The standard InChI is InChI=1S/C7H12N4O2/c12-7(13)1-2-8-3-5-11-6-4-9-10-11/h4,6,8H,1-3,5H2,(H,12,13). The first-order chi connectivity index (χ1) is 6.29. The van der Waals surface area contributed by atoms with E-state index in [2.05, 4.69) is 15.6 Å². The lowest BCUT2D eigenvalue weighted by atomic mass is 10.4. The second-order valence-corrected chi connectivity index (χ2v) is 2.56. The zero-order valence-electron chi connectivity index (χ0n) is 7.18. The summed E-state index contributed by atoms with van der Waals surface area (Å²) in [5.74, 6) is -0.784. The highest BCUT2D eigenvalue weighted by Crippen LogP contribution is 1.79. The minimum absolute atomic E-state index is 0.150. The maximum atomic E-state index is 10.1. The van der Waals surface area contributed by atoms with Crippen molar-refractivity contribution in [3.63, 3.8) is 0 Å². The van der Waals surface area contributed by atoms with Gasteiger partial charge in [0.25, 0.3) is 0 Å². The summed E-state index contributed by atoms with van der Waals surface area (Å²) in [4.78, 5) is 10.1. The van der Waals surface area contributed by atoms with Crippen LogP contribution in [0.2, 0.25) is 0 Å². The molecule has 72 valence electrons. The second-order valence-electron chi connectivity index (χ2n) is 2.56. The highest BCUT2D eigenvalue weighted by Gasteiger charge is 1.95. The van der Waals surface area contributed by atoms with Crippen LogP contribution in [-0.2, 0) is 11.3 Å². The lowest BCUT2D eigenvalue weighted by molar-refractivity contribution is -0.136. The Bertz CT molecular complexity index is 247. The maximum absolute atomic E-state index is 10.1. The number of nitrogens with one attached hydrogen (secondary N) is 1. The monoisotopic (exact) mass is 184 g/mol. The molecule has 6 nitrogen and oxygen atoms in total. The number of hydrogen-bond acceptors (Lipinski definition) is 4. The molecule has 0 spiro atoms. The third kappa shape index (κ3) is 4.22. The summed E-state index contributed by atoms with van der Waals surface area (Å²) in [6, 6.07) is 0. The average Bonchev–Trinajstić information content (AvgIpc) is 2.55. The van der Waals surface area contributed by atoms with Crippen LogP contribution in [0.3, 0.4) is 0 Å². The van der Waals surface area contributed by atoms with Gasteiger partial charge in [0.2, 0.25) is 0 Å². The van der Waals surface area contributed by atoms with Crippen molar-refractivity contribution in [1.29, 1.82) is 0 Å². The summed E-state index contributed by atoms with van der Waals surface area (Å²) in [5.41, 5.74) is 0. The van der Waals surface area contributed by atoms with Crippen LogP contribution < -0.4 is 5.32 Å². The normalized spacial score (nSPS) is 10.2. The van der Waals surface area contributed by atoms with Crippen LogP contribution in [0.25, 0.3) is 0 Å². The molecule has 2 N–H and O–H groups in total. The zero-order valence-corrected chi connectivity index (χ0v) is 7.18. The van der Waals surface area contributed by atoms with E-state index in [0.29, 0.717) is 19.6 Å². The first kappa shape index (κ1) is 9.66. The Morgan fingerprint density at radius 3 is 3.00 bits per heavy atom. The van der Waals surface area contributed by atoms with Crippen LogP contribution in [0, 0.1) is 0 Å². The molecule has 13 heavy (non-hydrogen) atoms. The molecule has 0 amide bonds. The molecule has 0 aliphatic rings. The van der Waals surface area contributed by atoms with E-state index < -0.39 is 5.97 Å². The van der Waals surface area contributed by atoms with Crippen molar-refractivity contribution >= 4 is 5.97 Å². The van der Waals surface area contributed by atoms with Gasteiger partial charge in [0, 0.05) is 19.3 Å². The highest BCUT2D eigenvalue weighted by atomic mass is 16.4. The van der Waals surface area contributed by atoms with E-state index in [1.165, 1.54) is 0 Å². The molecular formula is C7H12N4O2. The third-order valence-corrected chi connectivity index (χ3v) is 1.51. The van der Waals surface area contributed by atoms with E-state index in [-0.39, 0.29) is 6.42 Å². The van der Waals surface area contributed by atoms with Crippen molar-refractivity contribution in [2.24, 2.45) is 0 Å². The van der Waals surface area contributed by atoms with Gasteiger partial charge in [-0.3, -0.25) is 9.48 Å². The molecule has 0 aliphatic heterocycles. The topological polar surface area (TPSA) is 80.0 Å². The maximum Gasteiger partial charge on any atom is 0.304 e. The Morgan fingerprint density at radius 1 is 1.54 bits per heavy atom. The number of aromatic nitrogens is 3. The Kier molecular flexibility index (Phi) is 3.90. The Hall–Kier alpha value is -1.43. The quantitative estimate of drug-likeness (QED) is 0.574. The first-order valence-corrected chi connectivity index (χ1v) is 4.05. The van der Waals surface area contributed by atoms with Crippen molar-refractivity contribution in [2.45, 2.75) is 13.0 Å². The lowest BCUT2D eigenvalue weighted by Crippen LogP contribution is -2.23. The smallest absolute Gasteiger partial charge is 0.304 e. The van der Waals surface area contributed by atoms with E-state index in [1.807, 2.05) is 0 Å². The SMILES string of the molecule is O=C(O)CCNCCn1ccnn1. The number of carboxylic acids is 1. The van der Waals surface area contributed by atoms with Crippen LogP contribution in [-0.4, -0.2) is 39.2 Å². The summed E-state index contributed by atoms with van der Waals surface area (Å²) in [6.07, 6.45) is 3.52. The van der Waals surface area contributed by atoms with Gasteiger partial charge < -0.3 is 10.4 Å². The summed E-state index contributed by atoms with van der Waals surface area (Å²) in [7, 11) is 0. The summed E-state index contributed by atoms with van der Waals surface area (Å²) in [5, 5.41) is 18.7. The number of carboxylic acid groups (broad SMARTS) is 1. The predicted octanol–water partition coefficient (Wildman–Crippen LogP) is -0.658. The van der Waals surface area contributed by atoms with E-state index in [9.17, 15) is 4.79 Å². The van der Waals surface area contributed by atoms with Crippen LogP contribution >= 0.6 is 0 Å². The number of nitrogens with zero attached hydrogens (tertiary/aromatic N) is 3. The Balaban J connectivity index is 1.99. The number of rotatable bonds is 6. The number of carbonyl (C=O) groups is 1. The van der Waals surface area contributed by atoms with E-state index >= 15 is 0 Å². The molecule has 0 aliphatic carbocycles. The van der Waals surface area contributed by atoms with Crippen molar-refractivity contribution in [1.82, 2.24) is 20.3 Å². The third-order valence-electron chi connectivity index (χ3n) is 1.51. The van der Waals surface area contributed by atoms with Crippen LogP contribution in [0.4, 0.5) is 0 Å². The Labute approximate surface area is 75.6 Å². The molecule has 0 aromatic carbocycles. The molecule has 0 atom stereocenters. The lowest BCUT2D eigenvalue weighted by Gasteiger charge is -2.01. The molecule has 0 saturated heterocycles. The van der Waals surface area contributed by atoms with Gasteiger partial charge in [-0.05, 0) is 0 Å². The van der Waals surface area contributed by atoms with Gasteiger partial charge in [-0.2, -0.15) is 0 Å². The molecule has 0 saturated carbocycles. The van der Waals surface area contributed by atoms with Gasteiger partial charge in [-0.1, -0.05) is 5.21 Å². The van der Waals surface area contributed by atoms with Gasteiger partial charge in [-0.15, -0.1) is 5.10 Å². The summed E-state index contributed by atoms with van der Waals surface area (Å²) >= 11 is 0. The van der Waals surface area contributed by atoms with E-state index in [4.69, 9.17) is 5.11 Å². The zero-order chi connectivity index (χ0) is 9.52. The molecule has 0 unspecified atom stereocenters. The average molecular weight is 184 g/mol. The Morgan fingerprint density at radius 2 is 2.38 bits per heavy atom. The summed E-state index contributed by atoms with van der Waals surface area (Å²) in [6.45, 7) is 1.90. The van der Waals surface area contributed by atoms with Crippen LogP contribution in [0.5, 0.6) is 0 Å². The fourth-order valence-electron chi connectivity index (χ4n) is 0.866. The van der Waals surface area contributed by atoms with Crippen molar-refractivity contribution in [2.75, 3.05) is 13.1 Å². The predicted molar refractivity (Wildman–Crippen MR) is 45.1 cm³/mol. The minimum atomic E-state index is -0.784. The van der Waals surface area contributed by atoms with Crippen LogP contribution in [0.1, 0.15) is 6.42 Å². The number of hydrogen-bond donors (Lipinski definition) is 2. The first-order valence-electron chi connectivity index (χ1n) is 4.05. The minimum Gasteiger partial charge on any atom is -0.481 e. The van der Waals surface area contributed by atoms with Crippen molar-refractivity contribution < 1.29 is 9.90 Å². The molecule has 0 radical (unpaired) electrons. The van der Waals surface area contributed by atoms with E-state index in [1.54, 1.807) is 17.1 Å². The van der Waals surface area contributed by atoms with Crippen LogP contribution in [0.15, 0.2) is 12.4 Å². The fraction of sp³-hybridized carbons (Fsp3) is 0.571. The molecule has 1 heterocycles. The van der Waals surface area contributed by atoms with Gasteiger partial charge in [0.1, 0.15) is 0 Å². The molecule has 6 heteroatoms.